The number of ether oxygens (including phenoxy) is 1. The van der Waals surface area contributed by atoms with Gasteiger partial charge >= 0.3 is 0 Å². The molecule has 0 unspecified atom stereocenters. The van der Waals surface area contributed by atoms with Gasteiger partial charge in [0.25, 0.3) is 5.91 Å². The Labute approximate surface area is 192 Å². The number of benzene rings is 1. The second-order valence-electron chi connectivity index (χ2n) is 8.55. The number of pyridine rings is 1. The molecule has 2 N–H and O–H groups in total. The van der Waals surface area contributed by atoms with Gasteiger partial charge in [-0.2, -0.15) is 0 Å². The van der Waals surface area contributed by atoms with E-state index >= 15 is 0 Å². The maximum Gasteiger partial charge on any atom is 0.255 e. The Morgan fingerprint density at radius 2 is 1.85 bits per heavy atom. The topological polar surface area (TPSA) is 104 Å². The highest BCUT2D eigenvalue weighted by Gasteiger charge is 2.47. The van der Waals surface area contributed by atoms with Crippen molar-refractivity contribution >= 4 is 23.5 Å². The third kappa shape index (κ3) is 4.54. The fraction of sp³-hybridized carbons (Fsp3) is 0.417. The Morgan fingerprint density at radius 1 is 1.06 bits per heavy atom. The zero-order valence-corrected chi connectivity index (χ0v) is 18.3. The van der Waals surface area contributed by atoms with Gasteiger partial charge in [0.1, 0.15) is 11.9 Å². The predicted octanol–water partition coefficient (Wildman–Crippen LogP) is 1.01. The SMILES string of the molecule is O=C(CNC(=O)[C@H]1c2ccccc2C(=O)N1C1CC1)NCc1ccc(N2CCOCC2)nc1. The summed E-state index contributed by atoms with van der Waals surface area (Å²) in [6.45, 7) is 3.21. The molecule has 3 aliphatic rings. The first-order valence-corrected chi connectivity index (χ1v) is 11.4. The minimum Gasteiger partial charge on any atom is -0.378 e. The van der Waals surface area contributed by atoms with Crippen molar-refractivity contribution in [2.45, 2.75) is 31.5 Å². The molecule has 2 aliphatic heterocycles. The van der Waals surface area contributed by atoms with Crippen LogP contribution < -0.4 is 15.5 Å². The third-order valence-electron chi connectivity index (χ3n) is 6.24. The molecule has 1 saturated carbocycles. The number of fused-ring (bicyclic) bond motifs is 1. The van der Waals surface area contributed by atoms with Crippen LogP contribution in [-0.2, 0) is 20.9 Å². The first kappa shape index (κ1) is 21.4. The number of hydrogen-bond donors (Lipinski definition) is 2. The summed E-state index contributed by atoms with van der Waals surface area (Å²) in [5.41, 5.74) is 2.16. The van der Waals surface area contributed by atoms with E-state index in [1.165, 1.54) is 0 Å². The van der Waals surface area contributed by atoms with Gasteiger partial charge in [0, 0.05) is 37.4 Å². The predicted molar refractivity (Wildman–Crippen MR) is 120 cm³/mol. The highest BCUT2D eigenvalue weighted by Crippen LogP contribution is 2.41. The number of carbonyl (C=O) groups excluding carboxylic acids is 3. The van der Waals surface area contributed by atoms with E-state index in [9.17, 15) is 14.4 Å². The Hall–Kier alpha value is -3.46. The molecule has 1 aromatic carbocycles. The Morgan fingerprint density at radius 3 is 2.58 bits per heavy atom. The van der Waals surface area contributed by atoms with Crippen molar-refractivity contribution < 1.29 is 19.1 Å². The first-order chi connectivity index (χ1) is 16.1. The molecule has 1 aromatic heterocycles. The van der Waals surface area contributed by atoms with Crippen LogP contribution in [-0.4, -0.2) is 66.5 Å². The lowest BCUT2D eigenvalue weighted by molar-refractivity contribution is -0.129. The van der Waals surface area contributed by atoms with E-state index in [2.05, 4.69) is 20.5 Å². The number of hydrogen-bond acceptors (Lipinski definition) is 6. The molecule has 1 aliphatic carbocycles. The maximum absolute atomic E-state index is 13.0. The van der Waals surface area contributed by atoms with Gasteiger partial charge in [-0.15, -0.1) is 0 Å². The van der Waals surface area contributed by atoms with Gasteiger partial charge in [-0.3, -0.25) is 14.4 Å². The molecule has 1 saturated heterocycles. The first-order valence-electron chi connectivity index (χ1n) is 11.4. The van der Waals surface area contributed by atoms with Crippen molar-refractivity contribution in [3.05, 3.63) is 59.3 Å². The van der Waals surface area contributed by atoms with Gasteiger partial charge in [-0.1, -0.05) is 24.3 Å². The number of rotatable bonds is 7. The average molecular weight is 450 g/mol. The number of carbonyl (C=O) groups is 3. The van der Waals surface area contributed by atoms with E-state index in [1.54, 1.807) is 23.2 Å². The Balaban J connectivity index is 1.13. The lowest BCUT2D eigenvalue weighted by Crippen LogP contribution is -2.43. The average Bonchev–Trinajstić information content (AvgIpc) is 3.66. The Kier molecular flexibility index (Phi) is 5.95. The van der Waals surface area contributed by atoms with E-state index in [4.69, 9.17) is 4.74 Å². The van der Waals surface area contributed by atoms with Gasteiger partial charge in [-0.05, 0) is 36.1 Å². The minimum absolute atomic E-state index is 0.0995. The van der Waals surface area contributed by atoms with Crippen molar-refractivity contribution in [2.24, 2.45) is 0 Å². The lowest BCUT2D eigenvalue weighted by atomic mass is 10.0. The summed E-state index contributed by atoms with van der Waals surface area (Å²) in [6, 6.07) is 10.5. The fourth-order valence-electron chi connectivity index (χ4n) is 4.36. The quantitative estimate of drug-likeness (QED) is 0.654. The molecule has 0 bridgehead atoms. The van der Waals surface area contributed by atoms with Crippen molar-refractivity contribution in [3.8, 4) is 0 Å². The van der Waals surface area contributed by atoms with Crippen LogP contribution in [0.15, 0.2) is 42.6 Å². The molecule has 172 valence electrons. The Bertz CT molecular complexity index is 1050. The summed E-state index contributed by atoms with van der Waals surface area (Å²) < 4.78 is 5.36. The number of anilines is 1. The van der Waals surface area contributed by atoms with Crippen LogP contribution in [0.3, 0.4) is 0 Å². The monoisotopic (exact) mass is 449 g/mol. The van der Waals surface area contributed by atoms with Crippen LogP contribution in [0.4, 0.5) is 5.82 Å². The van der Waals surface area contributed by atoms with Gasteiger partial charge in [0.05, 0.1) is 19.8 Å². The molecule has 1 atom stereocenters. The lowest BCUT2D eigenvalue weighted by Gasteiger charge is -2.27. The van der Waals surface area contributed by atoms with Crippen molar-refractivity contribution in [1.82, 2.24) is 20.5 Å². The molecule has 0 radical (unpaired) electrons. The van der Waals surface area contributed by atoms with Gasteiger partial charge in [-0.25, -0.2) is 4.98 Å². The summed E-state index contributed by atoms with van der Waals surface area (Å²) >= 11 is 0. The number of morpholine rings is 1. The summed E-state index contributed by atoms with van der Waals surface area (Å²) in [6.07, 6.45) is 3.56. The van der Waals surface area contributed by atoms with Gasteiger partial charge in [0.2, 0.25) is 11.8 Å². The van der Waals surface area contributed by atoms with Crippen molar-refractivity contribution in [2.75, 3.05) is 37.7 Å². The molecule has 5 rings (SSSR count). The van der Waals surface area contributed by atoms with Crippen LogP contribution in [0.1, 0.15) is 40.4 Å². The molecule has 3 amide bonds. The second kappa shape index (κ2) is 9.19. The van der Waals surface area contributed by atoms with Crippen LogP contribution in [0.5, 0.6) is 0 Å². The maximum atomic E-state index is 13.0. The van der Waals surface area contributed by atoms with E-state index in [-0.39, 0.29) is 30.3 Å². The zero-order valence-electron chi connectivity index (χ0n) is 18.3. The molecule has 0 spiro atoms. The number of amides is 3. The second-order valence-corrected chi connectivity index (χ2v) is 8.55. The smallest absolute Gasteiger partial charge is 0.255 e. The summed E-state index contributed by atoms with van der Waals surface area (Å²) in [5.74, 6) is 0.168. The van der Waals surface area contributed by atoms with Crippen LogP contribution in [0.2, 0.25) is 0 Å². The van der Waals surface area contributed by atoms with E-state index < -0.39 is 6.04 Å². The zero-order chi connectivity index (χ0) is 22.8. The van der Waals surface area contributed by atoms with Crippen LogP contribution in [0, 0.1) is 0 Å². The highest BCUT2D eigenvalue weighted by molar-refractivity contribution is 6.05. The minimum atomic E-state index is -0.675. The van der Waals surface area contributed by atoms with E-state index in [1.807, 2.05) is 24.3 Å². The molecule has 2 aromatic rings. The van der Waals surface area contributed by atoms with E-state index in [0.717, 1.165) is 37.3 Å². The highest BCUT2D eigenvalue weighted by atomic mass is 16.5. The van der Waals surface area contributed by atoms with Crippen LogP contribution in [0.25, 0.3) is 0 Å². The molecule has 33 heavy (non-hydrogen) atoms. The van der Waals surface area contributed by atoms with Crippen molar-refractivity contribution in [1.29, 1.82) is 0 Å². The standard InChI is InChI=1S/C24H27N5O4/c30-21(26-14-16-5-8-20(25-13-16)28-9-11-33-12-10-28)15-27-23(31)22-18-3-1-2-4-19(18)24(32)29(22)17-6-7-17/h1-5,8,13,17,22H,6-7,9-12,14-15H2,(H,26,30)(H,27,31)/t22-/m1/s1. The molecule has 3 heterocycles. The molecule has 9 heteroatoms. The van der Waals surface area contributed by atoms with Crippen molar-refractivity contribution in [3.63, 3.8) is 0 Å². The van der Waals surface area contributed by atoms with Crippen LogP contribution >= 0.6 is 0 Å². The van der Waals surface area contributed by atoms with Gasteiger partial charge < -0.3 is 25.2 Å². The number of nitrogens with one attached hydrogen (secondary N) is 2. The molecule has 9 nitrogen and oxygen atoms in total. The normalized spacial score (nSPS) is 19.9. The third-order valence-corrected chi connectivity index (χ3v) is 6.24. The molecule has 2 fully saturated rings. The van der Waals surface area contributed by atoms with Gasteiger partial charge in [0.15, 0.2) is 0 Å². The molecular weight excluding hydrogens is 422 g/mol. The number of nitrogens with zero attached hydrogens (tertiary/aromatic N) is 3. The largest absolute Gasteiger partial charge is 0.378 e. The van der Waals surface area contributed by atoms with E-state index in [0.29, 0.717) is 30.9 Å². The summed E-state index contributed by atoms with van der Waals surface area (Å²) in [7, 11) is 0. The fourth-order valence-corrected chi connectivity index (χ4v) is 4.36. The summed E-state index contributed by atoms with van der Waals surface area (Å²) in [4.78, 5) is 46.4. The summed E-state index contributed by atoms with van der Waals surface area (Å²) in [5, 5.41) is 5.52. The molecular formula is C24H27N5O4. The number of aromatic nitrogens is 1.